The van der Waals surface area contributed by atoms with Gasteiger partial charge >= 0.3 is 0 Å². The van der Waals surface area contributed by atoms with Crippen LogP contribution >= 0.6 is 11.3 Å². The molecular weight excluding hydrogens is 382 g/mol. The van der Waals surface area contributed by atoms with Crippen LogP contribution in [-0.4, -0.2) is 36.9 Å². The van der Waals surface area contributed by atoms with Crippen molar-refractivity contribution in [2.75, 3.05) is 26.1 Å². The lowest BCUT2D eigenvalue weighted by atomic mass is 10.1. The van der Waals surface area contributed by atoms with Crippen LogP contribution in [0.25, 0.3) is 11.5 Å². The number of methoxy groups -OCH3 is 2. The van der Waals surface area contributed by atoms with Gasteiger partial charge in [-0.3, -0.25) is 4.79 Å². The Morgan fingerprint density at radius 3 is 2.61 bits per heavy atom. The van der Waals surface area contributed by atoms with Crippen LogP contribution in [0.5, 0.6) is 11.5 Å². The molecule has 0 radical (unpaired) electrons. The SMILES string of the molecule is COc1cc(OC)cc(C(=O)Nc2sc3c(c2-c2nc(C)no2)CCOC3)c1. The minimum atomic E-state index is -0.283. The monoisotopic (exact) mass is 401 g/mol. The number of aromatic nitrogens is 2. The molecule has 0 atom stereocenters. The number of benzene rings is 1. The molecule has 3 aromatic rings. The highest BCUT2D eigenvalue weighted by molar-refractivity contribution is 7.17. The van der Waals surface area contributed by atoms with Gasteiger partial charge in [-0.2, -0.15) is 4.98 Å². The Bertz CT molecular complexity index is 1000. The second-order valence-electron chi connectivity index (χ2n) is 6.21. The van der Waals surface area contributed by atoms with E-state index in [0.29, 0.717) is 47.0 Å². The van der Waals surface area contributed by atoms with Crippen LogP contribution < -0.4 is 14.8 Å². The maximum Gasteiger partial charge on any atom is 0.261 e. The first kappa shape index (κ1) is 18.5. The fraction of sp³-hybridized carbons (Fsp3) is 0.316. The van der Waals surface area contributed by atoms with E-state index in [1.165, 1.54) is 11.3 Å². The average Bonchev–Trinajstić information content (AvgIpc) is 3.29. The number of thiophene rings is 1. The zero-order chi connectivity index (χ0) is 19.7. The highest BCUT2D eigenvalue weighted by Gasteiger charge is 2.27. The van der Waals surface area contributed by atoms with E-state index in [9.17, 15) is 4.79 Å². The van der Waals surface area contributed by atoms with Crippen LogP contribution in [0, 0.1) is 6.92 Å². The summed E-state index contributed by atoms with van der Waals surface area (Å²) in [6.07, 6.45) is 0.728. The second-order valence-corrected chi connectivity index (χ2v) is 7.32. The van der Waals surface area contributed by atoms with Crippen molar-refractivity contribution in [3.63, 3.8) is 0 Å². The van der Waals surface area contributed by atoms with E-state index in [-0.39, 0.29) is 5.91 Å². The number of aryl methyl sites for hydroxylation is 1. The molecule has 0 saturated heterocycles. The summed E-state index contributed by atoms with van der Waals surface area (Å²) in [6.45, 7) is 2.88. The Balaban J connectivity index is 1.72. The standard InChI is InChI=1S/C19H19N3O5S/c1-10-20-18(27-22-10)16-14-4-5-26-9-15(14)28-19(16)21-17(23)11-6-12(24-2)8-13(7-11)25-3/h6-8H,4-5,9H2,1-3H3,(H,21,23). The van der Waals surface area contributed by atoms with E-state index < -0.39 is 0 Å². The first-order chi connectivity index (χ1) is 13.6. The minimum absolute atomic E-state index is 0.283. The van der Waals surface area contributed by atoms with Gasteiger partial charge < -0.3 is 24.1 Å². The quantitative estimate of drug-likeness (QED) is 0.699. The second kappa shape index (κ2) is 7.61. The number of carbonyl (C=O) groups is 1. The number of amides is 1. The maximum absolute atomic E-state index is 12.9. The van der Waals surface area contributed by atoms with Gasteiger partial charge in [0.2, 0.25) is 0 Å². The van der Waals surface area contributed by atoms with Gasteiger partial charge in [0.05, 0.1) is 33.0 Å². The third-order valence-corrected chi connectivity index (χ3v) is 5.52. The number of hydrogen-bond donors (Lipinski definition) is 1. The van der Waals surface area contributed by atoms with E-state index in [4.69, 9.17) is 18.7 Å². The van der Waals surface area contributed by atoms with Crippen LogP contribution in [0.2, 0.25) is 0 Å². The lowest BCUT2D eigenvalue weighted by molar-refractivity contribution is 0.102. The fourth-order valence-electron chi connectivity index (χ4n) is 3.06. The zero-order valence-corrected chi connectivity index (χ0v) is 16.5. The summed E-state index contributed by atoms with van der Waals surface area (Å²) in [4.78, 5) is 18.3. The molecule has 4 rings (SSSR count). The summed E-state index contributed by atoms with van der Waals surface area (Å²) < 4.78 is 21.4. The molecule has 1 aliphatic heterocycles. The Hall–Kier alpha value is -2.91. The lowest BCUT2D eigenvalue weighted by Gasteiger charge is -2.12. The van der Waals surface area contributed by atoms with Crippen molar-refractivity contribution in [2.45, 2.75) is 20.0 Å². The molecule has 1 aliphatic rings. The molecule has 0 spiro atoms. The molecule has 1 amide bonds. The Kier molecular flexibility index (Phi) is 5.01. The van der Waals surface area contributed by atoms with Crippen LogP contribution in [0.3, 0.4) is 0 Å². The fourth-order valence-corrected chi connectivity index (χ4v) is 4.23. The molecule has 2 aromatic heterocycles. The topological polar surface area (TPSA) is 95.7 Å². The van der Waals surface area contributed by atoms with E-state index in [0.717, 1.165) is 22.4 Å². The molecule has 0 aliphatic carbocycles. The number of nitrogens with zero attached hydrogens (tertiary/aromatic N) is 2. The third kappa shape index (κ3) is 3.46. The van der Waals surface area contributed by atoms with Gasteiger partial charge in [0.15, 0.2) is 5.82 Å². The van der Waals surface area contributed by atoms with Crippen LogP contribution in [0.15, 0.2) is 22.7 Å². The maximum atomic E-state index is 12.9. The smallest absolute Gasteiger partial charge is 0.261 e. The average molecular weight is 401 g/mol. The molecule has 3 heterocycles. The highest BCUT2D eigenvalue weighted by atomic mass is 32.1. The number of hydrogen-bond acceptors (Lipinski definition) is 8. The van der Waals surface area contributed by atoms with Crippen LogP contribution in [0.4, 0.5) is 5.00 Å². The van der Waals surface area contributed by atoms with Crippen LogP contribution in [0.1, 0.15) is 26.6 Å². The number of fused-ring (bicyclic) bond motifs is 1. The number of nitrogens with one attached hydrogen (secondary N) is 1. The van der Waals surface area contributed by atoms with Crippen molar-refractivity contribution < 1.29 is 23.5 Å². The molecule has 0 unspecified atom stereocenters. The van der Waals surface area contributed by atoms with Crippen molar-refractivity contribution in [1.82, 2.24) is 10.1 Å². The van der Waals surface area contributed by atoms with Gasteiger partial charge in [0, 0.05) is 16.5 Å². The Morgan fingerprint density at radius 1 is 1.21 bits per heavy atom. The molecular formula is C19H19N3O5S. The third-order valence-electron chi connectivity index (χ3n) is 4.40. The van der Waals surface area contributed by atoms with Crippen molar-refractivity contribution in [1.29, 1.82) is 0 Å². The number of anilines is 1. The zero-order valence-electron chi connectivity index (χ0n) is 15.7. The number of ether oxygens (including phenoxy) is 3. The summed E-state index contributed by atoms with van der Waals surface area (Å²) in [5.41, 5.74) is 2.28. The van der Waals surface area contributed by atoms with Gasteiger partial charge in [-0.1, -0.05) is 5.16 Å². The van der Waals surface area contributed by atoms with Crippen molar-refractivity contribution >= 4 is 22.2 Å². The predicted octanol–water partition coefficient (Wildman–Crippen LogP) is 3.45. The predicted molar refractivity (Wildman–Crippen MR) is 103 cm³/mol. The van der Waals surface area contributed by atoms with Gasteiger partial charge in [-0.05, 0) is 31.0 Å². The summed E-state index contributed by atoms with van der Waals surface area (Å²) >= 11 is 1.46. The minimum Gasteiger partial charge on any atom is -0.497 e. The summed E-state index contributed by atoms with van der Waals surface area (Å²) in [6, 6.07) is 5.03. The first-order valence-corrected chi connectivity index (χ1v) is 9.48. The number of carbonyl (C=O) groups excluding carboxylic acids is 1. The highest BCUT2D eigenvalue weighted by Crippen LogP contribution is 2.42. The van der Waals surface area contributed by atoms with E-state index in [2.05, 4.69) is 15.5 Å². The van der Waals surface area contributed by atoms with E-state index in [1.807, 2.05) is 0 Å². The van der Waals surface area contributed by atoms with Crippen molar-refractivity contribution in [3.05, 3.63) is 40.0 Å². The van der Waals surface area contributed by atoms with Crippen molar-refractivity contribution in [2.24, 2.45) is 0 Å². The largest absolute Gasteiger partial charge is 0.497 e. The molecule has 0 fully saturated rings. The number of rotatable bonds is 5. The molecule has 1 aromatic carbocycles. The van der Waals surface area contributed by atoms with Gasteiger partial charge in [-0.15, -0.1) is 11.3 Å². The van der Waals surface area contributed by atoms with Gasteiger partial charge in [0.25, 0.3) is 11.8 Å². The molecule has 8 nitrogen and oxygen atoms in total. The molecule has 146 valence electrons. The lowest BCUT2D eigenvalue weighted by Crippen LogP contribution is -2.12. The van der Waals surface area contributed by atoms with E-state index >= 15 is 0 Å². The molecule has 0 bridgehead atoms. The molecule has 9 heteroatoms. The normalized spacial score (nSPS) is 13.1. The van der Waals surface area contributed by atoms with Crippen LogP contribution in [-0.2, 0) is 17.8 Å². The van der Waals surface area contributed by atoms with Gasteiger partial charge in [0.1, 0.15) is 16.5 Å². The Morgan fingerprint density at radius 2 is 1.96 bits per heavy atom. The van der Waals surface area contributed by atoms with Gasteiger partial charge in [-0.25, -0.2) is 0 Å². The van der Waals surface area contributed by atoms with Crippen molar-refractivity contribution in [3.8, 4) is 23.0 Å². The summed E-state index contributed by atoms with van der Waals surface area (Å²) in [7, 11) is 3.08. The summed E-state index contributed by atoms with van der Waals surface area (Å²) in [5, 5.41) is 7.52. The molecule has 1 N–H and O–H groups in total. The van der Waals surface area contributed by atoms with E-state index in [1.54, 1.807) is 39.3 Å². The summed E-state index contributed by atoms with van der Waals surface area (Å²) in [5.74, 6) is 1.73. The first-order valence-electron chi connectivity index (χ1n) is 8.66. The molecule has 0 saturated carbocycles. The molecule has 28 heavy (non-hydrogen) atoms. The Labute approximate surface area is 165 Å².